The van der Waals surface area contributed by atoms with Gasteiger partial charge in [0.2, 0.25) is 0 Å². The first-order valence-corrected chi connectivity index (χ1v) is 8.76. The van der Waals surface area contributed by atoms with E-state index in [4.69, 9.17) is 9.47 Å². The van der Waals surface area contributed by atoms with Gasteiger partial charge in [-0.15, -0.1) is 11.3 Å². The molecule has 2 heterocycles. The van der Waals surface area contributed by atoms with Crippen molar-refractivity contribution in [3.8, 4) is 17.2 Å². The van der Waals surface area contributed by atoms with Crippen LogP contribution >= 0.6 is 11.3 Å². The Labute approximate surface area is 153 Å². The molecule has 1 amide bonds. The van der Waals surface area contributed by atoms with Gasteiger partial charge >= 0.3 is 0 Å². The van der Waals surface area contributed by atoms with Crippen molar-refractivity contribution in [2.24, 2.45) is 0 Å². The minimum Gasteiger partial charge on any atom is -0.505 e. The zero-order chi connectivity index (χ0) is 18.8. The maximum atomic E-state index is 12.7. The molecule has 8 heteroatoms. The summed E-state index contributed by atoms with van der Waals surface area (Å²) in [5.41, 5.74) is 0.217. The average Bonchev–Trinajstić information content (AvgIpc) is 3.12. The number of pyridine rings is 1. The van der Waals surface area contributed by atoms with Crippen LogP contribution in [0.3, 0.4) is 0 Å². The highest BCUT2D eigenvalue weighted by molar-refractivity contribution is 7.17. The van der Waals surface area contributed by atoms with Crippen LogP contribution in [0.4, 0.5) is 5.69 Å². The second kappa shape index (κ2) is 7.09. The van der Waals surface area contributed by atoms with Crippen molar-refractivity contribution in [1.29, 1.82) is 0 Å². The first-order valence-electron chi connectivity index (χ1n) is 7.88. The zero-order valence-electron chi connectivity index (χ0n) is 14.5. The fraction of sp³-hybridized carbons (Fsp3) is 0.222. The monoisotopic (exact) mass is 374 g/mol. The number of carbonyl (C=O) groups excluding carboxylic acids is 1. The molecule has 7 nitrogen and oxygen atoms in total. The fourth-order valence-electron chi connectivity index (χ4n) is 2.78. The molecule has 0 unspecified atom stereocenters. The lowest BCUT2D eigenvalue weighted by Gasteiger charge is -2.13. The van der Waals surface area contributed by atoms with Crippen molar-refractivity contribution in [2.45, 2.75) is 13.5 Å². The van der Waals surface area contributed by atoms with Gasteiger partial charge in [0.25, 0.3) is 11.5 Å². The number of carbonyl (C=O) groups is 1. The van der Waals surface area contributed by atoms with Gasteiger partial charge in [-0.1, -0.05) is 0 Å². The molecule has 2 N–H and O–H groups in total. The number of nitrogens with one attached hydrogen (secondary N) is 1. The number of nitrogens with zero attached hydrogens (tertiary/aromatic N) is 1. The number of anilines is 1. The molecule has 0 spiro atoms. The summed E-state index contributed by atoms with van der Waals surface area (Å²) in [6.07, 6.45) is 0. The summed E-state index contributed by atoms with van der Waals surface area (Å²) >= 11 is 1.27. The smallest absolute Gasteiger partial charge is 0.267 e. The highest BCUT2D eigenvalue weighted by Gasteiger charge is 2.23. The van der Waals surface area contributed by atoms with Crippen LogP contribution in [-0.2, 0) is 6.54 Å². The third kappa shape index (κ3) is 2.88. The number of methoxy groups -OCH3 is 2. The van der Waals surface area contributed by atoms with E-state index in [1.54, 1.807) is 29.6 Å². The quantitative estimate of drug-likeness (QED) is 0.716. The van der Waals surface area contributed by atoms with Gasteiger partial charge in [0, 0.05) is 18.3 Å². The lowest BCUT2D eigenvalue weighted by Crippen LogP contribution is -2.29. The molecule has 0 bridgehead atoms. The number of fused-ring (bicyclic) bond motifs is 1. The molecule has 1 aromatic carbocycles. The van der Waals surface area contributed by atoms with Crippen LogP contribution in [0.25, 0.3) is 10.2 Å². The molecule has 0 aliphatic rings. The molecule has 0 saturated heterocycles. The molecule has 0 radical (unpaired) electrons. The summed E-state index contributed by atoms with van der Waals surface area (Å²) in [7, 11) is 3.00. The molecule has 2 aromatic heterocycles. The number of amides is 1. The second-order valence-electron chi connectivity index (χ2n) is 5.43. The molecule has 3 rings (SSSR count). The van der Waals surface area contributed by atoms with Crippen molar-refractivity contribution in [1.82, 2.24) is 4.57 Å². The Morgan fingerprint density at radius 1 is 1.23 bits per heavy atom. The van der Waals surface area contributed by atoms with Crippen molar-refractivity contribution in [3.05, 3.63) is 45.6 Å². The summed E-state index contributed by atoms with van der Waals surface area (Å²) in [5.74, 6) is -0.0317. The van der Waals surface area contributed by atoms with E-state index in [1.807, 2.05) is 6.92 Å². The van der Waals surface area contributed by atoms with Crippen molar-refractivity contribution in [3.63, 3.8) is 0 Å². The number of thiophene rings is 1. The summed E-state index contributed by atoms with van der Waals surface area (Å²) in [6, 6.07) is 6.59. The Balaban J connectivity index is 2.05. The molecule has 136 valence electrons. The molecule has 0 saturated carbocycles. The highest BCUT2D eigenvalue weighted by Crippen LogP contribution is 2.33. The molecule has 26 heavy (non-hydrogen) atoms. The fourth-order valence-corrected chi connectivity index (χ4v) is 3.62. The third-order valence-corrected chi connectivity index (χ3v) is 4.94. The van der Waals surface area contributed by atoms with Crippen molar-refractivity contribution in [2.75, 3.05) is 19.5 Å². The van der Waals surface area contributed by atoms with E-state index in [9.17, 15) is 14.7 Å². The van der Waals surface area contributed by atoms with Gasteiger partial charge < -0.3 is 24.5 Å². The number of benzene rings is 1. The number of aryl methyl sites for hydroxylation is 1. The SMILES string of the molecule is CCn1c(=O)c(C(=O)Nc2ccc(OC)c(OC)c2)c(O)c2sccc21. The van der Waals surface area contributed by atoms with E-state index in [0.29, 0.717) is 33.9 Å². The normalized spacial score (nSPS) is 10.7. The van der Waals surface area contributed by atoms with E-state index in [2.05, 4.69) is 5.32 Å². The predicted molar refractivity (Wildman–Crippen MR) is 101 cm³/mol. The van der Waals surface area contributed by atoms with E-state index < -0.39 is 11.5 Å². The van der Waals surface area contributed by atoms with Gasteiger partial charge in [-0.05, 0) is 30.5 Å². The first kappa shape index (κ1) is 17.8. The molecule has 0 aliphatic carbocycles. The zero-order valence-corrected chi connectivity index (χ0v) is 15.3. The number of rotatable bonds is 5. The Kier molecular flexibility index (Phi) is 4.85. The Morgan fingerprint density at radius 2 is 1.96 bits per heavy atom. The number of hydrogen-bond acceptors (Lipinski definition) is 6. The Bertz CT molecular complexity index is 1040. The minimum atomic E-state index is -0.683. The van der Waals surface area contributed by atoms with Crippen LogP contribution in [0, 0.1) is 0 Å². The average molecular weight is 374 g/mol. The summed E-state index contributed by atoms with van der Waals surface area (Å²) in [5, 5.41) is 14.9. The van der Waals surface area contributed by atoms with Gasteiger partial charge in [0.15, 0.2) is 17.2 Å². The number of aromatic nitrogens is 1. The van der Waals surface area contributed by atoms with E-state index >= 15 is 0 Å². The number of hydrogen-bond donors (Lipinski definition) is 2. The minimum absolute atomic E-state index is 0.281. The largest absolute Gasteiger partial charge is 0.505 e. The van der Waals surface area contributed by atoms with Crippen LogP contribution in [0.2, 0.25) is 0 Å². The van der Waals surface area contributed by atoms with E-state index in [0.717, 1.165) is 0 Å². The van der Waals surface area contributed by atoms with Crippen molar-refractivity contribution >= 4 is 33.1 Å². The molecule has 0 atom stereocenters. The van der Waals surface area contributed by atoms with Gasteiger partial charge in [-0.2, -0.15) is 0 Å². The van der Waals surface area contributed by atoms with Crippen LogP contribution in [0.15, 0.2) is 34.4 Å². The van der Waals surface area contributed by atoms with Gasteiger partial charge in [0.05, 0.1) is 24.4 Å². The molecule has 3 aromatic rings. The Morgan fingerprint density at radius 3 is 2.62 bits per heavy atom. The van der Waals surface area contributed by atoms with Gasteiger partial charge in [-0.3, -0.25) is 9.59 Å². The topological polar surface area (TPSA) is 89.8 Å². The first-order chi connectivity index (χ1) is 12.5. The summed E-state index contributed by atoms with van der Waals surface area (Å²) < 4.78 is 12.3. The number of aromatic hydroxyl groups is 1. The molecule has 0 aliphatic heterocycles. The number of ether oxygens (including phenoxy) is 2. The van der Waals surface area contributed by atoms with Crippen molar-refractivity contribution < 1.29 is 19.4 Å². The summed E-state index contributed by atoms with van der Waals surface area (Å²) in [4.78, 5) is 25.4. The second-order valence-corrected chi connectivity index (χ2v) is 6.35. The lowest BCUT2D eigenvalue weighted by atomic mass is 10.2. The Hall–Kier alpha value is -3.00. The van der Waals surface area contributed by atoms with Gasteiger partial charge in [0.1, 0.15) is 5.56 Å². The van der Waals surface area contributed by atoms with Gasteiger partial charge in [-0.25, -0.2) is 0 Å². The molecular formula is C18H18N2O5S. The maximum absolute atomic E-state index is 12.7. The highest BCUT2D eigenvalue weighted by atomic mass is 32.1. The molecular weight excluding hydrogens is 356 g/mol. The van der Waals surface area contributed by atoms with Crippen LogP contribution in [0.1, 0.15) is 17.3 Å². The van der Waals surface area contributed by atoms with E-state index in [-0.39, 0.29) is 11.3 Å². The van der Waals surface area contributed by atoms with Crippen LogP contribution in [0.5, 0.6) is 17.2 Å². The van der Waals surface area contributed by atoms with E-state index in [1.165, 1.54) is 30.1 Å². The van der Waals surface area contributed by atoms with Crippen LogP contribution in [-0.4, -0.2) is 29.8 Å². The predicted octanol–water partition coefficient (Wildman–Crippen LogP) is 3.06. The lowest BCUT2D eigenvalue weighted by molar-refractivity contribution is 0.102. The van der Waals surface area contributed by atoms with Crippen LogP contribution < -0.4 is 20.3 Å². The molecule has 0 fully saturated rings. The summed E-state index contributed by atoms with van der Waals surface area (Å²) in [6.45, 7) is 2.20. The standard InChI is InChI=1S/C18H18N2O5S/c1-4-20-11-7-8-26-16(11)15(21)14(18(20)23)17(22)19-10-5-6-12(24-2)13(9-10)25-3/h5-9,21H,4H2,1-3H3,(H,19,22). The maximum Gasteiger partial charge on any atom is 0.267 e. The third-order valence-electron chi connectivity index (χ3n) is 4.03.